The molecule has 1 aromatic rings. The molecule has 0 aliphatic heterocycles. The van der Waals surface area contributed by atoms with Crippen LogP contribution in [0.25, 0.3) is 0 Å². The lowest BCUT2D eigenvalue weighted by atomic mass is 9.83. The number of rotatable bonds is 2. The predicted octanol–water partition coefficient (Wildman–Crippen LogP) is 4.83. The van der Waals surface area contributed by atoms with Crippen LogP contribution in [-0.2, 0) is 5.41 Å². The minimum Gasteiger partial charge on any atom is -0.425 e. The van der Waals surface area contributed by atoms with Crippen LogP contribution in [0.5, 0.6) is 5.75 Å². The smallest absolute Gasteiger partial charge is 0.425 e. The molecule has 1 rings (SSSR count). The van der Waals surface area contributed by atoms with Gasteiger partial charge in [-0.3, -0.25) is 0 Å². The maximum Gasteiger partial charge on any atom is 0.499 e. The lowest BCUT2D eigenvalue weighted by Crippen LogP contribution is -2.42. The van der Waals surface area contributed by atoms with Gasteiger partial charge in [0.05, 0.1) is 0 Å². The van der Waals surface area contributed by atoms with E-state index >= 15 is 0 Å². The third-order valence-corrected chi connectivity index (χ3v) is 2.55. The maximum absolute atomic E-state index is 13.0. The number of aryl methyl sites for hydroxylation is 1. The Balaban J connectivity index is 3.27. The van der Waals surface area contributed by atoms with Gasteiger partial charge in [0.15, 0.2) is 0 Å². The summed E-state index contributed by atoms with van der Waals surface area (Å²) < 4.78 is 66.4. The molecule has 0 radical (unpaired) electrons. The van der Waals surface area contributed by atoms with Gasteiger partial charge in [0.2, 0.25) is 0 Å². The van der Waals surface area contributed by atoms with Crippen LogP contribution in [0.1, 0.15) is 31.9 Å². The van der Waals surface area contributed by atoms with E-state index in [1.54, 1.807) is 33.8 Å². The SMILES string of the molecule is Cc1cccc(OC(F)(F)C(F)(F)F)c1C(C)(C)C. The molecule has 0 aliphatic carbocycles. The van der Waals surface area contributed by atoms with Crippen molar-refractivity contribution in [2.45, 2.75) is 45.4 Å². The molecule has 0 spiro atoms. The van der Waals surface area contributed by atoms with Gasteiger partial charge in [0.1, 0.15) is 5.75 Å². The number of ether oxygens (including phenoxy) is 1. The Morgan fingerprint density at radius 3 is 1.89 bits per heavy atom. The van der Waals surface area contributed by atoms with Gasteiger partial charge in [-0.1, -0.05) is 32.9 Å². The first-order chi connectivity index (χ1) is 8.36. The fourth-order valence-electron chi connectivity index (χ4n) is 1.88. The molecule has 0 aromatic heterocycles. The van der Waals surface area contributed by atoms with Crippen LogP contribution < -0.4 is 4.74 Å². The van der Waals surface area contributed by atoms with Gasteiger partial charge in [0, 0.05) is 5.56 Å². The lowest BCUT2D eigenvalue weighted by Gasteiger charge is -2.28. The Morgan fingerprint density at radius 1 is 0.947 bits per heavy atom. The first-order valence-electron chi connectivity index (χ1n) is 5.60. The molecule has 108 valence electrons. The normalized spacial score (nSPS) is 13.5. The Bertz CT molecular complexity index is 457. The quantitative estimate of drug-likeness (QED) is 0.706. The van der Waals surface area contributed by atoms with Crippen molar-refractivity contribution in [1.82, 2.24) is 0 Å². The van der Waals surface area contributed by atoms with Crippen LogP contribution in [0, 0.1) is 6.92 Å². The highest BCUT2D eigenvalue weighted by molar-refractivity contribution is 5.44. The molecule has 0 amide bonds. The predicted molar refractivity (Wildman–Crippen MR) is 61.5 cm³/mol. The zero-order valence-corrected chi connectivity index (χ0v) is 11.0. The first kappa shape index (κ1) is 15.7. The van der Waals surface area contributed by atoms with Gasteiger partial charge >= 0.3 is 12.3 Å². The van der Waals surface area contributed by atoms with Gasteiger partial charge in [-0.25, -0.2) is 0 Å². The summed E-state index contributed by atoms with van der Waals surface area (Å²) in [6.07, 6.45) is -11.0. The van der Waals surface area contributed by atoms with Gasteiger partial charge in [-0.15, -0.1) is 0 Å². The molecule has 1 aromatic carbocycles. The molecule has 1 nitrogen and oxygen atoms in total. The maximum atomic E-state index is 13.0. The topological polar surface area (TPSA) is 9.23 Å². The van der Waals surface area contributed by atoms with E-state index in [4.69, 9.17) is 0 Å². The van der Waals surface area contributed by atoms with E-state index in [0.717, 1.165) is 6.07 Å². The monoisotopic (exact) mass is 282 g/mol. The molecule has 19 heavy (non-hydrogen) atoms. The summed E-state index contributed by atoms with van der Waals surface area (Å²) in [5, 5.41) is 0. The Hall–Kier alpha value is -1.33. The highest BCUT2D eigenvalue weighted by Crippen LogP contribution is 2.41. The molecule has 0 N–H and O–H groups in total. The van der Waals surface area contributed by atoms with E-state index in [9.17, 15) is 22.0 Å². The number of halogens is 5. The van der Waals surface area contributed by atoms with Crippen LogP contribution in [0.3, 0.4) is 0 Å². The zero-order valence-electron chi connectivity index (χ0n) is 11.0. The van der Waals surface area contributed by atoms with Crippen molar-refractivity contribution in [1.29, 1.82) is 0 Å². The minimum atomic E-state index is -5.74. The third-order valence-electron chi connectivity index (χ3n) is 2.55. The zero-order chi connectivity index (χ0) is 15.1. The number of hydrogen-bond acceptors (Lipinski definition) is 1. The molecule has 6 heteroatoms. The summed E-state index contributed by atoms with van der Waals surface area (Å²) in [5.41, 5.74) is 0.324. The van der Waals surface area contributed by atoms with Crippen molar-refractivity contribution in [3.05, 3.63) is 29.3 Å². The van der Waals surface area contributed by atoms with Crippen molar-refractivity contribution in [3.8, 4) is 5.75 Å². The first-order valence-corrected chi connectivity index (χ1v) is 5.60. The summed E-state index contributed by atoms with van der Waals surface area (Å²) in [6.45, 7) is 6.79. The fourth-order valence-corrected chi connectivity index (χ4v) is 1.88. The minimum absolute atomic E-state index is 0.332. The molecule has 0 saturated heterocycles. The van der Waals surface area contributed by atoms with Crippen molar-refractivity contribution in [3.63, 3.8) is 0 Å². The summed E-state index contributed by atoms with van der Waals surface area (Å²) in [5.74, 6) is -0.449. The van der Waals surface area contributed by atoms with Crippen molar-refractivity contribution in [2.75, 3.05) is 0 Å². The summed E-state index contributed by atoms with van der Waals surface area (Å²) in [6, 6.07) is 4.14. The average molecular weight is 282 g/mol. The van der Waals surface area contributed by atoms with Crippen LogP contribution in [0.2, 0.25) is 0 Å². The average Bonchev–Trinajstić information content (AvgIpc) is 2.12. The molecular weight excluding hydrogens is 267 g/mol. The molecule has 0 fully saturated rings. The number of hydrogen-bond donors (Lipinski definition) is 0. The largest absolute Gasteiger partial charge is 0.499 e. The second kappa shape index (κ2) is 4.65. The highest BCUT2D eigenvalue weighted by Gasteiger charge is 2.61. The van der Waals surface area contributed by atoms with Gasteiger partial charge in [-0.2, -0.15) is 22.0 Å². The van der Waals surface area contributed by atoms with E-state index < -0.39 is 23.4 Å². The second-order valence-corrected chi connectivity index (χ2v) is 5.31. The van der Waals surface area contributed by atoms with Gasteiger partial charge in [0.25, 0.3) is 0 Å². The van der Waals surface area contributed by atoms with E-state index in [2.05, 4.69) is 4.74 Å². The van der Waals surface area contributed by atoms with Crippen LogP contribution >= 0.6 is 0 Å². The summed E-state index contributed by atoms with van der Waals surface area (Å²) in [7, 11) is 0. The van der Waals surface area contributed by atoms with Crippen LogP contribution in [-0.4, -0.2) is 12.3 Å². The molecule has 0 saturated carbocycles. The standard InChI is InChI=1S/C13H15F5O/c1-8-6-5-7-9(10(8)11(2,3)4)19-13(17,18)12(14,15)16/h5-7H,1-4H3. The van der Waals surface area contributed by atoms with E-state index in [-0.39, 0.29) is 0 Å². The summed E-state index contributed by atoms with van der Waals surface area (Å²) >= 11 is 0. The molecular formula is C13H15F5O. The van der Waals surface area contributed by atoms with Crippen molar-refractivity contribution >= 4 is 0 Å². The van der Waals surface area contributed by atoms with Crippen molar-refractivity contribution in [2.24, 2.45) is 0 Å². The number of alkyl halides is 5. The molecule has 0 atom stereocenters. The Morgan fingerprint density at radius 2 is 1.47 bits per heavy atom. The molecule has 0 bridgehead atoms. The van der Waals surface area contributed by atoms with E-state index in [1.165, 1.54) is 6.07 Å². The van der Waals surface area contributed by atoms with E-state index in [0.29, 0.717) is 11.1 Å². The highest BCUT2D eigenvalue weighted by atomic mass is 19.4. The van der Waals surface area contributed by atoms with E-state index in [1.807, 2.05) is 0 Å². The Labute approximate surface area is 108 Å². The molecule has 0 aliphatic rings. The van der Waals surface area contributed by atoms with Crippen LogP contribution in [0.4, 0.5) is 22.0 Å². The summed E-state index contributed by atoms with van der Waals surface area (Å²) in [4.78, 5) is 0. The lowest BCUT2D eigenvalue weighted by molar-refractivity contribution is -0.360. The fraction of sp³-hybridized carbons (Fsp3) is 0.538. The molecule has 0 heterocycles. The van der Waals surface area contributed by atoms with Crippen LogP contribution in [0.15, 0.2) is 18.2 Å². The second-order valence-electron chi connectivity index (χ2n) is 5.31. The third kappa shape index (κ3) is 3.36. The van der Waals surface area contributed by atoms with Crippen molar-refractivity contribution < 1.29 is 26.7 Å². The number of benzene rings is 1. The molecule has 0 unspecified atom stereocenters. The Kier molecular flexibility index (Phi) is 3.85. The van der Waals surface area contributed by atoms with Gasteiger partial charge < -0.3 is 4.74 Å². The van der Waals surface area contributed by atoms with Gasteiger partial charge in [-0.05, 0) is 24.0 Å².